The number of sulfonamides is 1. The van der Waals surface area contributed by atoms with Crippen LogP contribution < -0.4 is 15.4 Å². The highest BCUT2D eigenvalue weighted by atomic mass is 32.2. The van der Waals surface area contributed by atoms with Crippen LogP contribution in [0.2, 0.25) is 0 Å². The van der Waals surface area contributed by atoms with E-state index in [4.69, 9.17) is 0 Å². The Bertz CT molecular complexity index is 629. The van der Waals surface area contributed by atoms with Gasteiger partial charge in [0.05, 0.1) is 4.90 Å². The van der Waals surface area contributed by atoms with Gasteiger partial charge in [-0.1, -0.05) is 0 Å². The fraction of sp³-hybridized carbons (Fsp3) is 0.533. The van der Waals surface area contributed by atoms with Crippen molar-refractivity contribution in [3.05, 3.63) is 24.3 Å². The third-order valence-corrected chi connectivity index (χ3v) is 4.61. The summed E-state index contributed by atoms with van der Waals surface area (Å²) in [4.78, 5) is 11.9. The topological polar surface area (TPSA) is 87.3 Å². The number of rotatable bonds is 5. The fourth-order valence-corrected chi connectivity index (χ4v) is 2.97. The van der Waals surface area contributed by atoms with Gasteiger partial charge in [0.25, 0.3) is 0 Å². The lowest BCUT2D eigenvalue weighted by Crippen LogP contribution is -2.43. The second kappa shape index (κ2) is 6.26. The largest absolute Gasteiger partial charge is 0.333 e. The van der Waals surface area contributed by atoms with Gasteiger partial charge in [-0.15, -0.1) is 0 Å². The minimum atomic E-state index is -3.47. The Balaban J connectivity index is 1.95. The van der Waals surface area contributed by atoms with E-state index in [1.807, 2.05) is 20.8 Å². The molecule has 22 heavy (non-hydrogen) atoms. The van der Waals surface area contributed by atoms with E-state index in [9.17, 15) is 13.2 Å². The molecule has 122 valence electrons. The first-order chi connectivity index (χ1) is 10.2. The highest BCUT2D eigenvalue weighted by Crippen LogP contribution is 2.28. The number of amides is 2. The summed E-state index contributed by atoms with van der Waals surface area (Å²) >= 11 is 0. The summed E-state index contributed by atoms with van der Waals surface area (Å²) in [6, 6.07) is 5.81. The summed E-state index contributed by atoms with van der Waals surface area (Å²) in [6.45, 7) is 6.14. The number of hydrogen-bond donors (Lipinski definition) is 3. The molecule has 6 nitrogen and oxygen atoms in total. The maximum absolute atomic E-state index is 12.1. The van der Waals surface area contributed by atoms with Gasteiger partial charge in [-0.25, -0.2) is 17.9 Å². The molecule has 0 spiro atoms. The Morgan fingerprint density at radius 3 is 2.27 bits per heavy atom. The number of carbonyl (C=O) groups excluding carboxylic acids is 1. The van der Waals surface area contributed by atoms with Gasteiger partial charge in [0, 0.05) is 17.8 Å². The zero-order valence-electron chi connectivity index (χ0n) is 13.1. The van der Waals surface area contributed by atoms with E-state index in [1.54, 1.807) is 12.1 Å². The third-order valence-electron chi connectivity index (χ3n) is 3.17. The van der Waals surface area contributed by atoms with Crippen LogP contribution in [-0.2, 0) is 10.0 Å². The molecule has 1 aliphatic rings. The summed E-state index contributed by atoms with van der Waals surface area (Å²) < 4.78 is 26.8. The van der Waals surface area contributed by atoms with Crippen LogP contribution in [0.1, 0.15) is 33.6 Å². The summed E-state index contributed by atoms with van der Waals surface area (Å²) in [6.07, 6.45) is 2.18. The Kier molecular flexibility index (Phi) is 4.77. The summed E-state index contributed by atoms with van der Waals surface area (Å²) in [7, 11) is -3.47. The van der Waals surface area contributed by atoms with Crippen molar-refractivity contribution in [2.75, 3.05) is 11.9 Å². The van der Waals surface area contributed by atoms with Gasteiger partial charge in [0.15, 0.2) is 0 Å². The molecule has 0 bridgehead atoms. The molecule has 0 heterocycles. The molecule has 0 saturated heterocycles. The minimum Gasteiger partial charge on any atom is -0.333 e. The average Bonchev–Trinajstić information content (AvgIpc) is 3.19. The molecule has 2 amide bonds. The predicted octanol–water partition coefficient (Wildman–Crippen LogP) is 2.29. The minimum absolute atomic E-state index is 0.204. The maximum atomic E-state index is 12.1. The monoisotopic (exact) mass is 325 g/mol. The van der Waals surface area contributed by atoms with E-state index < -0.39 is 10.0 Å². The number of nitrogens with one attached hydrogen (secondary N) is 3. The predicted molar refractivity (Wildman–Crippen MR) is 86.3 cm³/mol. The molecule has 1 aliphatic carbocycles. The summed E-state index contributed by atoms with van der Waals surface area (Å²) in [5, 5.41) is 5.44. The average molecular weight is 325 g/mol. The normalized spacial score (nSPS) is 15.4. The van der Waals surface area contributed by atoms with Gasteiger partial charge in [-0.3, -0.25) is 0 Å². The molecule has 2 rings (SSSR count). The van der Waals surface area contributed by atoms with Crippen molar-refractivity contribution in [1.82, 2.24) is 10.0 Å². The van der Waals surface area contributed by atoms with Crippen LogP contribution >= 0.6 is 0 Å². The lowest BCUT2D eigenvalue weighted by Gasteiger charge is -2.20. The Labute approximate surface area is 131 Å². The van der Waals surface area contributed by atoms with Gasteiger partial charge in [0.1, 0.15) is 0 Å². The van der Waals surface area contributed by atoms with Gasteiger partial charge >= 0.3 is 6.03 Å². The van der Waals surface area contributed by atoms with Crippen molar-refractivity contribution < 1.29 is 13.2 Å². The molecule has 0 unspecified atom stereocenters. The van der Waals surface area contributed by atoms with Gasteiger partial charge in [-0.2, -0.15) is 0 Å². The molecule has 0 radical (unpaired) electrons. The molecule has 0 atom stereocenters. The molecule has 1 aromatic rings. The number of benzene rings is 1. The van der Waals surface area contributed by atoms with E-state index in [-0.39, 0.29) is 16.5 Å². The standard InChI is InChI=1S/C15H23N3O3S/c1-15(2,3)18-14(19)17-12-6-8-13(9-7-12)22(20,21)16-10-11-4-5-11/h6-9,11,16H,4-5,10H2,1-3H3,(H2,17,18,19). The highest BCUT2D eigenvalue weighted by molar-refractivity contribution is 7.89. The van der Waals surface area contributed by atoms with Gasteiger partial charge in [0.2, 0.25) is 10.0 Å². The zero-order valence-corrected chi connectivity index (χ0v) is 14.0. The molecule has 3 N–H and O–H groups in total. The first-order valence-electron chi connectivity index (χ1n) is 7.35. The first kappa shape index (κ1) is 16.8. The second-order valence-corrected chi connectivity index (χ2v) is 8.42. The van der Waals surface area contributed by atoms with E-state index in [1.165, 1.54) is 12.1 Å². The quantitative estimate of drug-likeness (QED) is 0.776. The van der Waals surface area contributed by atoms with Gasteiger partial charge < -0.3 is 10.6 Å². The van der Waals surface area contributed by atoms with Crippen molar-refractivity contribution in [2.24, 2.45) is 5.92 Å². The molecular formula is C15H23N3O3S. The molecule has 7 heteroatoms. The maximum Gasteiger partial charge on any atom is 0.319 e. The number of carbonyl (C=O) groups is 1. The first-order valence-corrected chi connectivity index (χ1v) is 8.83. The van der Waals surface area contributed by atoms with Crippen LogP contribution in [-0.4, -0.2) is 26.5 Å². The molecule has 0 aromatic heterocycles. The van der Waals surface area contributed by atoms with Crippen LogP contribution in [0.25, 0.3) is 0 Å². The Hall–Kier alpha value is -1.60. The number of hydrogen-bond acceptors (Lipinski definition) is 3. The highest BCUT2D eigenvalue weighted by Gasteiger charge is 2.24. The van der Waals surface area contributed by atoms with Crippen molar-refractivity contribution in [1.29, 1.82) is 0 Å². The molecule has 1 fully saturated rings. The summed E-state index contributed by atoms with van der Waals surface area (Å²) in [5.74, 6) is 0.483. The number of anilines is 1. The second-order valence-electron chi connectivity index (χ2n) is 6.65. The van der Waals surface area contributed by atoms with Crippen LogP contribution in [0.3, 0.4) is 0 Å². The van der Waals surface area contributed by atoms with Crippen LogP contribution in [0.4, 0.5) is 10.5 Å². The molecule has 1 aromatic carbocycles. The lowest BCUT2D eigenvalue weighted by atomic mass is 10.1. The van der Waals surface area contributed by atoms with Crippen molar-refractivity contribution in [3.8, 4) is 0 Å². The van der Waals surface area contributed by atoms with Crippen molar-refractivity contribution in [3.63, 3.8) is 0 Å². The van der Waals surface area contributed by atoms with E-state index in [0.717, 1.165) is 12.8 Å². The van der Waals surface area contributed by atoms with E-state index in [2.05, 4.69) is 15.4 Å². The zero-order chi connectivity index (χ0) is 16.4. The van der Waals surface area contributed by atoms with Crippen LogP contribution in [0.15, 0.2) is 29.2 Å². The number of urea groups is 1. The molecular weight excluding hydrogens is 302 g/mol. The van der Waals surface area contributed by atoms with Crippen molar-refractivity contribution in [2.45, 2.75) is 44.0 Å². The lowest BCUT2D eigenvalue weighted by molar-refractivity contribution is 0.244. The Morgan fingerprint density at radius 2 is 1.77 bits per heavy atom. The Morgan fingerprint density at radius 1 is 1.18 bits per heavy atom. The summed E-state index contributed by atoms with van der Waals surface area (Å²) in [5.41, 5.74) is 0.211. The smallest absolute Gasteiger partial charge is 0.319 e. The van der Waals surface area contributed by atoms with E-state index in [0.29, 0.717) is 18.2 Å². The van der Waals surface area contributed by atoms with Gasteiger partial charge in [-0.05, 0) is 63.8 Å². The van der Waals surface area contributed by atoms with Crippen LogP contribution in [0.5, 0.6) is 0 Å². The van der Waals surface area contributed by atoms with Crippen LogP contribution in [0, 0.1) is 5.92 Å². The third kappa shape index (κ3) is 5.31. The fourth-order valence-electron chi connectivity index (χ4n) is 1.85. The molecule has 0 aliphatic heterocycles. The molecule has 1 saturated carbocycles. The van der Waals surface area contributed by atoms with E-state index >= 15 is 0 Å². The van der Waals surface area contributed by atoms with Crippen molar-refractivity contribution >= 4 is 21.7 Å². The SMILES string of the molecule is CC(C)(C)NC(=O)Nc1ccc(S(=O)(=O)NCC2CC2)cc1.